The number of hydrogen-bond acceptors (Lipinski definition) is 3. The number of para-hydroxylation sites is 1. The average Bonchev–Trinajstić information content (AvgIpc) is 3.25. The first-order valence-electron chi connectivity index (χ1n) is 7.00. The first kappa shape index (κ1) is 13.9. The standard InChI is InChI=1S/C15H22N2O2/c1-2-9-16-15(18)11-19-14-6-4-3-5-12(14)10-17-13-7-8-13/h3-6,13,17H,2,7-11H2,1H3,(H,16,18). The Morgan fingerprint density at radius 2 is 2.16 bits per heavy atom. The number of ether oxygens (including phenoxy) is 1. The molecule has 1 aromatic rings. The molecule has 0 atom stereocenters. The highest BCUT2D eigenvalue weighted by Gasteiger charge is 2.20. The third-order valence-corrected chi connectivity index (χ3v) is 3.06. The third-order valence-electron chi connectivity index (χ3n) is 3.06. The minimum Gasteiger partial charge on any atom is -0.483 e. The molecular weight excluding hydrogens is 240 g/mol. The van der Waals surface area contributed by atoms with Gasteiger partial charge in [-0.15, -0.1) is 0 Å². The van der Waals surface area contributed by atoms with E-state index in [1.165, 1.54) is 12.8 Å². The lowest BCUT2D eigenvalue weighted by atomic mass is 10.2. The van der Waals surface area contributed by atoms with Crippen LogP contribution in [0.5, 0.6) is 5.75 Å². The van der Waals surface area contributed by atoms with Crippen molar-refractivity contribution in [3.63, 3.8) is 0 Å². The summed E-state index contributed by atoms with van der Waals surface area (Å²) in [6, 6.07) is 8.54. The molecule has 1 saturated carbocycles. The van der Waals surface area contributed by atoms with Crippen molar-refractivity contribution in [2.75, 3.05) is 13.2 Å². The third kappa shape index (κ3) is 4.91. The summed E-state index contributed by atoms with van der Waals surface area (Å²) >= 11 is 0. The number of benzene rings is 1. The Morgan fingerprint density at radius 1 is 1.37 bits per heavy atom. The maximum atomic E-state index is 11.5. The number of rotatable bonds is 8. The van der Waals surface area contributed by atoms with Gasteiger partial charge in [-0.2, -0.15) is 0 Å². The Hall–Kier alpha value is -1.55. The van der Waals surface area contributed by atoms with Crippen molar-refractivity contribution in [1.82, 2.24) is 10.6 Å². The zero-order chi connectivity index (χ0) is 13.5. The zero-order valence-corrected chi connectivity index (χ0v) is 11.4. The molecule has 0 aliphatic heterocycles. The Balaban J connectivity index is 1.82. The van der Waals surface area contributed by atoms with Crippen LogP contribution in [0.4, 0.5) is 0 Å². The van der Waals surface area contributed by atoms with Crippen LogP contribution in [-0.2, 0) is 11.3 Å². The summed E-state index contributed by atoms with van der Waals surface area (Å²) in [5.74, 6) is 0.731. The summed E-state index contributed by atoms with van der Waals surface area (Å²) in [5, 5.41) is 6.26. The SMILES string of the molecule is CCCNC(=O)COc1ccccc1CNC1CC1. The van der Waals surface area contributed by atoms with Gasteiger partial charge in [-0.3, -0.25) is 4.79 Å². The first-order chi connectivity index (χ1) is 9.29. The molecule has 1 aliphatic carbocycles. The van der Waals surface area contributed by atoms with Crippen molar-refractivity contribution in [3.05, 3.63) is 29.8 Å². The predicted molar refractivity (Wildman–Crippen MR) is 75.1 cm³/mol. The number of hydrogen-bond donors (Lipinski definition) is 2. The fraction of sp³-hybridized carbons (Fsp3) is 0.533. The van der Waals surface area contributed by atoms with Gasteiger partial charge in [-0.05, 0) is 25.3 Å². The van der Waals surface area contributed by atoms with Crippen molar-refractivity contribution in [1.29, 1.82) is 0 Å². The molecule has 0 aromatic heterocycles. The summed E-state index contributed by atoms with van der Waals surface area (Å²) in [6.07, 6.45) is 3.47. The monoisotopic (exact) mass is 262 g/mol. The molecule has 1 amide bonds. The van der Waals surface area contributed by atoms with Gasteiger partial charge in [-0.1, -0.05) is 25.1 Å². The lowest BCUT2D eigenvalue weighted by molar-refractivity contribution is -0.123. The topological polar surface area (TPSA) is 50.4 Å². The van der Waals surface area contributed by atoms with Crippen LogP contribution >= 0.6 is 0 Å². The summed E-state index contributed by atoms with van der Waals surface area (Å²) in [5.41, 5.74) is 1.11. The van der Waals surface area contributed by atoms with Crippen molar-refractivity contribution in [3.8, 4) is 5.75 Å². The number of carbonyl (C=O) groups excluding carboxylic acids is 1. The molecule has 2 rings (SSSR count). The molecule has 1 aliphatic rings. The van der Waals surface area contributed by atoms with Crippen molar-refractivity contribution in [2.24, 2.45) is 0 Å². The molecule has 1 aromatic carbocycles. The predicted octanol–water partition coefficient (Wildman–Crippen LogP) is 1.84. The van der Waals surface area contributed by atoms with E-state index in [4.69, 9.17) is 4.74 Å². The fourth-order valence-electron chi connectivity index (χ4n) is 1.79. The molecule has 0 bridgehead atoms. The largest absolute Gasteiger partial charge is 0.483 e. The minimum absolute atomic E-state index is 0.0631. The first-order valence-corrected chi connectivity index (χ1v) is 7.00. The molecule has 4 nitrogen and oxygen atoms in total. The summed E-state index contributed by atoms with van der Waals surface area (Å²) in [4.78, 5) is 11.5. The van der Waals surface area contributed by atoms with E-state index in [2.05, 4.69) is 10.6 Å². The summed E-state index contributed by atoms with van der Waals surface area (Å²) in [6.45, 7) is 3.62. The Labute approximate surface area is 114 Å². The molecule has 1 fully saturated rings. The van der Waals surface area contributed by atoms with E-state index in [0.29, 0.717) is 12.6 Å². The van der Waals surface area contributed by atoms with Gasteiger partial charge in [-0.25, -0.2) is 0 Å². The molecule has 4 heteroatoms. The highest BCUT2D eigenvalue weighted by Crippen LogP contribution is 2.22. The van der Waals surface area contributed by atoms with Crippen LogP contribution in [0.2, 0.25) is 0 Å². The van der Waals surface area contributed by atoms with E-state index in [0.717, 1.165) is 24.3 Å². The van der Waals surface area contributed by atoms with Crippen molar-refractivity contribution < 1.29 is 9.53 Å². The van der Waals surface area contributed by atoms with E-state index < -0.39 is 0 Å². The lowest BCUT2D eigenvalue weighted by Gasteiger charge is -2.12. The molecule has 0 spiro atoms. The van der Waals surface area contributed by atoms with Gasteiger partial charge in [0.1, 0.15) is 5.75 Å². The van der Waals surface area contributed by atoms with Gasteiger partial charge in [0.05, 0.1) is 0 Å². The van der Waals surface area contributed by atoms with Gasteiger partial charge < -0.3 is 15.4 Å². The Kier molecular flexibility index (Phi) is 5.21. The lowest BCUT2D eigenvalue weighted by Crippen LogP contribution is -2.29. The van der Waals surface area contributed by atoms with Crippen LogP contribution in [-0.4, -0.2) is 25.1 Å². The van der Waals surface area contributed by atoms with E-state index >= 15 is 0 Å². The van der Waals surface area contributed by atoms with Crippen LogP contribution in [0.3, 0.4) is 0 Å². The highest BCUT2D eigenvalue weighted by atomic mass is 16.5. The Bertz CT molecular complexity index is 416. The second-order valence-corrected chi connectivity index (χ2v) is 4.90. The summed E-state index contributed by atoms with van der Waals surface area (Å²) in [7, 11) is 0. The normalized spacial score (nSPS) is 14.2. The number of nitrogens with one attached hydrogen (secondary N) is 2. The molecule has 0 radical (unpaired) electrons. The molecule has 0 saturated heterocycles. The summed E-state index contributed by atoms with van der Waals surface area (Å²) < 4.78 is 5.60. The molecule has 104 valence electrons. The molecule has 0 heterocycles. The van der Waals surface area contributed by atoms with Crippen molar-refractivity contribution in [2.45, 2.75) is 38.8 Å². The van der Waals surface area contributed by atoms with Crippen LogP contribution in [0.15, 0.2) is 24.3 Å². The fourth-order valence-corrected chi connectivity index (χ4v) is 1.79. The Morgan fingerprint density at radius 3 is 2.89 bits per heavy atom. The van der Waals surface area contributed by atoms with E-state index in [1.807, 2.05) is 31.2 Å². The quantitative estimate of drug-likeness (QED) is 0.751. The zero-order valence-electron chi connectivity index (χ0n) is 11.4. The minimum atomic E-state index is -0.0631. The maximum absolute atomic E-state index is 11.5. The van der Waals surface area contributed by atoms with Gasteiger partial charge in [0.15, 0.2) is 6.61 Å². The second kappa shape index (κ2) is 7.14. The van der Waals surface area contributed by atoms with Crippen LogP contribution in [0, 0.1) is 0 Å². The van der Waals surface area contributed by atoms with Crippen LogP contribution in [0.1, 0.15) is 31.7 Å². The second-order valence-electron chi connectivity index (χ2n) is 4.90. The highest BCUT2D eigenvalue weighted by molar-refractivity contribution is 5.77. The molecule has 2 N–H and O–H groups in total. The van der Waals surface area contributed by atoms with Gasteiger partial charge >= 0.3 is 0 Å². The van der Waals surface area contributed by atoms with Crippen molar-refractivity contribution >= 4 is 5.91 Å². The van der Waals surface area contributed by atoms with E-state index in [9.17, 15) is 4.79 Å². The number of amides is 1. The molecule has 0 unspecified atom stereocenters. The van der Waals surface area contributed by atoms with Gasteiger partial charge in [0, 0.05) is 24.7 Å². The molecular formula is C15H22N2O2. The molecule has 19 heavy (non-hydrogen) atoms. The van der Waals surface area contributed by atoms with E-state index in [1.54, 1.807) is 0 Å². The number of carbonyl (C=O) groups is 1. The van der Waals surface area contributed by atoms with Gasteiger partial charge in [0.2, 0.25) is 0 Å². The van der Waals surface area contributed by atoms with Crippen LogP contribution < -0.4 is 15.4 Å². The average molecular weight is 262 g/mol. The maximum Gasteiger partial charge on any atom is 0.257 e. The van der Waals surface area contributed by atoms with Crippen LogP contribution in [0.25, 0.3) is 0 Å². The van der Waals surface area contributed by atoms with E-state index in [-0.39, 0.29) is 12.5 Å². The smallest absolute Gasteiger partial charge is 0.257 e. The van der Waals surface area contributed by atoms with Gasteiger partial charge in [0.25, 0.3) is 5.91 Å².